The van der Waals surface area contributed by atoms with Gasteiger partial charge in [0.1, 0.15) is 0 Å². The lowest BCUT2D eigenvalue weighted by Crippen LogP contribution is -2.49. The van der Waals surface area contributed by atoms with E-state index in [0.717, 1.165) is 5.56 Å². The molecule has 0 aromatic heterocycles. The van der Waals surface area contributed by atoms with Gasteiger partial charge in [-0.3, -0.25) is 5.32 Å². The van der Waals surface area contributed by atoms with Crippen molar-refractivity contribution in [2.24, 2.45) is 0 Å². The molecule has 1 aliphatic rings. The number of halogens is 3. The zero-order valence-corrected chi connectivity index (χ0v) is 13.3. The van der Waals surface area contributed by atoms with Crippen molar-refractivity contribution in [2.45, 2.75) is 25.1 Å². The number of hydrogen-bond acceptors (Lipinski definition) is 2. The predicted octanol–water partition coefficient (Wildman–Crippen LogP) is 5.09. The molecule has 0 fully saturated rings. The van der Waals surface area contributed by atoms with E-state index < -0.39 is 17.9 Å². The van der Waals surface area contributed by atoms with Crippen molar-refractivity contribution in [3.8, 4) is 23.0 Å². The molecule has 0 radical (unpaired) electrons. The molecule has 0 bridgehead atoms. The number of rotatable bonds is 1. The first-order valence-corrected chi connectivity index (χ1v) is 7.64. The quantitative estimate of drug-likeness (QED) is 0.732. The lowest BCUT2D eigenvalue weighted by Gasteiger charge is -2.36. The summed E-state index contributed by atoms with van der Waals surface area (Å²) in [6, 6.07) is 13.4. The van der Waals surface area contributed by atoms with Gasteiger partial charge in [-0.05, 0) is 29.2 Å². The van der Waals surface area contributed by atoms with Gasteiger partial charge in [0.2, 0.25) is 0 Å². The molecular weight excluding hydrogens is 331 g/mol. The van der Waals surface area contributed by atoms with Gasteiger partial charge in [-0.15, -0.1) is 0 Å². The van der Waals surface area contributed by atoms with Crippen LogP contribution in [0.3, 0.4) is 0 Å². The molecular formula is C19H14F3NO2. The summed E-state index contributed by atoms with van der Waals surface area (Å²) in [6.07, 6.45) is -5.85. The van der Waals surface area contributed by atoms with Crippen LogP contribution in [0.1, 0.15) is 18.9 Å². The van der Waals surface area contributed by atoms with Crippen molar-refractivity contribution in [1.29, 1.82) is 0 Å². The highest BCUT2D eigenvalue weighted by Gasteiger charge is 2.61. The highest BCUT2D eigenvalue weighted by Crippen LogP contribution is 2.48. The Morgan fingerprint density at radius 3 is 2.48 bits per heavy atom. The largest absolute Gasteiger partial charge is 0.445 e. The van der Waals surface area contributed by atoms with E-state index in [2.05, 4.69) is 17.2 Å². The van der Waals surface area contributed by atoms with Crippen LogP contribution in [0.4, 0.5) is 23.7 Å². The van der Waals surface area contributed by atoms with Gasteiger partial charge >= 0.3 is 12.3 Å². The van der Waals surface area contributed by atoms with Gasteiger partial charge in [0.05, 0.1) is 5.69 Å². The van der Waals surface area contributed by atoms with Gasteiger partial charge in [0.15, 0.2) is 0 Å². The molecule has 1 aliphatic heterocycles. The average Bonchev–Trinajstić information content (AvgIpc) is 2.59. The number of alkyl halides is 3. The Hall–Kier alpha value is -2.94. The number of carbonyl (C=O) groups is 1. The van der Waals surface area contributed by atoms with Crippen LogP contribution >= 0.6 is 0 Å². The molecule has 1 amide bonds. The summed E-state index contributed by atoms with van der Waals surface area (Å²) < 4.78 is 46.4. The van der Waals surface area contributed by atoms with Crippen molar-refractivity contribution < 1.29 is 22.7 Å². The van der Waals surface area contributed by atoms with E-state index in [1.165, 1.54) is 12.1 Å². The molecule has 1 unspecified atom stereocenters. The van der Waals surface area contributed by atoms with Crippen LogP contribution in [0, 0.1) is 11.8 Å². The monoisotopic (exact) mass is 345 g/mol. The number of benzene rings is 2. The fraction of sp³-hybridized carbons (Fsp3) is 0.211. The summed E-state index contributed by atoms with van der Waals surface area (Å²) in [5.74, 6) is 4.54. The Bertz CT molecular complexity index is 866. The molecule has 1 N–H and O–H groups in total. The highest BCUT2D eigenvalue weighted by molar-refractivity contribution is 5.90. The third kappa shape index (κ3) is 2.93. The van der Waals surface area contributed by atoms with Crippen molar-refractivity contribution in [2.75, 3.05) is 5.32 Å². The van der Waals surface area contributed by atoms with Crippen LogP contribution in [0.25, 0.3) is 11.1 Å². The first-order valence-electron chi connectivity index (χ1n) is 7.64. The molecule has 0 spiro atoms. The van der Waals surface area contributed by atoms with E-state index in [0.29, 0.717) is 5.56 Å². The molecule has 0 saturated heterocycles. The Morgan fingerprint density at radius 2 is 1.84 bits per heavy atom. The molecule has 3 rings (SSSR count). The maximum atomic E-state index is 13.9. The Labute approximate surface area is 142 Å². The second-order valence-electron chi connectivity index (χ2n) is 5.48. The first-order chi connectivity index (χ1) is 11.9. The molecule has 1 atom stereocenters. The van der Waals surface area contributed by atoms with Crippen molar-refractivity contribution in [3.05, 3.63) is 54.1 Å². The number of cyclic esters (lactones) is 1. The van der Waals surface area contributed by atoms with Crippen LogP contribution in [0.5, 0.6) is 0 Å². The standard InChI is InChI=1S/C19H14F3NO2/c1-2-3-11-18(19(20,21)22)15-12-14(13-7-5-4-6-8-13)9-10-16(15)23-17(24)25-18/h4-10,12H,2H2,1H3,(H,23,24). The Balaban J connectivity index is 2.25. The van der Waals surface area contributed by atoms with E-state index in [1.54, 1.807) is 37.3 Å². The fourth-order valence-electron chi connectivity index (χ4n) is 2.67. The maximum Gasteiger partial charge on any atom is 0.445 e. The third-order valence-electron chi connectivity index (χ3n) is 3.83. The lowest BCUT2D eigenvalue weighted by molar-refractivity contribution is -0.239. The minimum absolute atomic E-state index is 0.0404. The van der Waals surface area contributed by atoms with Crippen molar-refractivity contribution >= 4 is 11.8 Å². The zero-order valence-electron chi connectivity index (χ0n) is 13.3. The minimum atomic E-state index is -4.88. The summed E-state index contributed by atoms with van der Waals surface area (Å²) in [4.78, 5) is 11.7. The maximum absolute atomic E-state index is 13.9. The molecule has 2 aromatic carbocycles. The normalized spacial score (nSPS) is 19.1. The van der Waals surface area contributed by atoms with Crippen LogP contribution in [-0.4, -0.2) is 12.3 Å². The Morgan fingerprint density at radius 1 is 1.12 bits per heavy atom. The van der Waals surface area contributed by atoms with Crippen molar-refractivity contribution in [3.63, 3.8) is 0 Å². The van der Waals surface area contributed by atoms with Crippen molar-refractivity contribution in [1.82, 2.24) is 0 Å². The summed E-state index contributed by atoms with van der Waals surface area (Å²) in [5.41, 5.74) is -1.83. The van der Waals surface area contributed by atoms with Gasteiger partial charge in [-0.2, -0.15) is 13.2 Å². The van der Waals surface area contributed by atoms with Crippen LogP contribution in [0.2, 0.25) is 0 Å². The predicted molar refractivity (Wildman–Crippen MR) is 87.8 cm³/mol. The van der Waals surface area contributed by atoms with Gasteiger partial charge < -0.3 is 4.74 Å². The number of anilines is 1. The minimum Gasteiger partial charge on any atom is -0.415 e. The molecule has 1 heterocycles. The smallest absolute Gasteiger partial charge is 0.415 e. The number of hydrogen-bond donors (Lipinski definition) is 1. The molecule has 128 valence electrons. The zero-order chi connectivity index (χ0) is 18.1. The summed E-state index contributed by atoms with van der Waals surface area (Å²) >= 11 is 0. The van der Waals surface area contributed by atoms with Gasteiger partial charge in [0.25, 0.3) is 5.60 Å². The van der Waals surface area contributed by atoms with E-state index in [4.69, 9.17) is 4.74 Å². The van der Waals surface area contributed by atoms with E-state index in [-0.39, 0.29) is 17.7 Å². The molecule has 6 heteroatoms. The van der Waals surface area contributed by atoms with E-state index in [9.17, 15) is 18.0 Å². The average molecular weight is 345 g/mol. The SMILES string of the molecule is CCC#CC1(C(F)(F)F)OC(=O)Nc2ccc(-c3ccccc3)cc21. The molecule has 0 saturated carbocycles. The Kier molecular flexibility index (Phi) is 4.17. The highest BCUT2D eigenvalue weighted by atomic mass is 19.4. The summed E-state index contributed by atoms with van der Waals surface area (Å²) in [6.45, 7) is 1.63. The van der Waals surface area contributed by atoms with Gasteiger partial charge in [-0.25, -0.2) is 4.79 Å². The molecule has 3 nitrogen and oxygen atoms in total. The van der Waals surface area contributed by atoms with Gasteiger partial charge in [0, 0.05) is 12.0 Å². The molecule has 25 heavy (non-hydrogen) atoms. The number of carbonyl (C=O) groups excluding carboxylic acids is 1. The summed E-state index contributed by atoms with van der Waals surface area (Å²) in [7, 11) is 0. The van der Waals surface area contributed by atoms with Crippen LogP contribution in [0.15, 0.2) is 48.5 Å². The number of fused-ring (bicyclic) bond motifs is 1. The summed E-state index contributed by atoms with van der Waals surface area (Å²) in [5, 5.41) is 2.31. The van der Waals surface area contributed by atoms with E-state index >= 15 is 0 Å². The van der Waals surface area contributed by atoms with E-state index in [1.807, 2.05) is 6.07 Å². The number of ether oxygens (including phenoxy) is 1. The van der Waals surface area contributed by atoms with Crippen LogP contribution < -0.4 is 5.32 Å². The fourth-order valence-corrected chi connectivity index (χ4v) is 2.67. The second kappa shape index (κ2) is 6.17. The topological polar surface area (TPSA) is 38.3 Å². The van der Waals surface area contributed by atoms with Gasteiger partial charge in [-0.1, -0.05) is 49.2 Å². The third-order valence-corrected chi connectivity index (χ3v) is 3.83. The first kappa shape index (κ1) is 16.9. The number of amides is 1. The lowest BCUT2D eigenvalue weighted by atomic mass is 9.88. The second-order valence-corrected chi connectivity index (χ2v) is 5.48. The molecule has 0 aliphatic carbocycles. The van der Waals surface area contributed by atoms with Crippen LogP contribution in [-0.2, 0) is 10.3 Å². The molecule has 2 aromatic rings. The number of nitrogens with one attached hydrogen (secondary N) is 1.